The van der Waals surface area contributed by atoms with Gasteiger partial charge in [-0.1, -0.05) is 0 Å². The van der Waals surface area contributed by atoms with Crippen molar-refractivity contribution in [3.63, 3.8) is 0 Å². The van der Waals surface area contributed by atoms with Gasteiger partial charge in [0.2, 0.25) is 5.91 Å². The summed E-state index contributed by atoms with van der Waals surface area (Å²) in [5.41, 5.74) is 5.82. The fraction of sp³-hybridized carbons (Fsp3) is 0.667. The maximum absolute atomic E-state index is 11.9. The Hall–Kier alpha value is -1.36. The first-order valence-electron chi connectivity index (χ1n) is 6.27. The van der Waals surface area contributed by atoms with Crippen LogP contribution in [0.2, 0.25) is 0 Å². The van der Waals surface area contributed by atoms with Crippen LogP contribution in [0.1, 0.15) is 31.5 Å². The summed E-state index contributed by atoms with van der Waals surface area (Å²) in [6.07, 6.45) is 8.05. The number of nitrogens with one attached hydrogen (secondary N) is 2. The highest BCUT2D eigenvalue weighted by molar-refractivity contribution is 5.78. The molecule has 1 heterocycles. The van der Waals surface area contributed by atoms with Gasteiger partial charge in [0.25, 0.3) is 0 Å². The number of carbonyl (C=O) groups is 1. The minimum Gasteiger partial charge on any atom is -0.355 e. The number of hydrogen-bond acceptors (Lipinski definition) is 3. The molecule has 5 nitrogen and oxygen atoms in total. The number of H-pyrrole nitrogens is 1. The Kier molecular flexibility index (Phi) is 4.14. The summed E-state index contributed by atoms with van der Waals surface area (Å²) >= 11 is 0. The van der Waals surface area contributed by atoms with Gasteiger partial charge in [0.1, 0.15) is 5.82 Å². The second-order valence-corrected chi connectivity index (χ2v) is 4.69. The van der Waals surface area contributed by atoms with E-state index < -0.39 is 0 Å². The third kappa shape index (κ3) is 3.56. The lowest BCUT2D eigenvalue weighted by molar-refractivity contribution is -0.125. The molecule has 2 rings (SSSR count). The lowest BCUT2D eigenvalue weighted by Crippen LogP contribution is -2.37. The number of carbonyl (C=O) groups excluding carboxylic acids is 1. The van der Waals surface area contributed by atoms with Crippen molar-refractivity contribution in [2.24, 2.45) is 11.7 Å². The molecule has 0 aliphatic heterocycles. The molecule has 1 saturated carbocycles. The molecule has 0 unspecified atom stereocenters. The van der Waals surface area contributed by atoms with E-state index in [1.165, 1.54) is 0 Å². The van der Waals surface area contributed by atoms with E-state index in [1.807, 2.05) is 0 Å². The fourth-order valence-electron chi connectivity index (χ4n) is 2.26. The largest absolute Gasteiger partial charge is 0.355 e. The van der Waals surface area contributed by atoms with Gasteiger partial charge < -0.3 is 16.0 Å². The van der Waals surface area contributed by atoms with Crippen molar-refractivity contribution in [2.45, 2.75) is 38.1 Å². The first-order valence-corrected chi connectivity index (χ1v) is 6.27. The third-order valence-electron chi connectivity index (χ3n) is 3.36. The van der Waals surface area contributed by atoms with Gasteiger partial charge in [-0.3, -0.25) is 4.79 Å². The average Bonchev–Trinajstić information content (AvgIpc) is 2.83. The summed E-state index contributed by atoms with van der Waals surface area (Å²) in [6, 6.07) is 0.294. The Morgan fingerprint density at radius 1 is 1.47 bits per heavy atom. The van der Waals surface area contributed by atoms with Crippen molar-refractivity contribution in [1.82, 2.24) is 15.3 Å². The summed E-state index contributed by atoms with van der Waals surface area (Å²) in [7, 11) is 0. The van der Waals surface area contributed by atoms with Crippen LogP contribution in [0.25, 0.3) is 0 Å². The van der Waals surface area contributed by atoms with E-state index >= 15 is 0 Å². The molecular formula is C12H20N4O. The molecule has 0 spiro atoms. The zero-order chi connectivity index (χ0) is 12.1. The summed E-state index contributed by atoms with van der Waals surface area (Å²) in [4.78, 5) is 19.0. The van der Waals surface area contributed by atoms with E-state index in [1.54, 1.807) is 12.4 Å². The van der Waals surface area contributed by atoms with Crippen molar-refractivity contribution >= 4 is 5.91 Å². The van der Waals surface area contributed by atoms with E-state index in [4.69, 9.17) is 5.73 Å². The third-order valence-corrected chi connectivity index (χ3v) is 3.36. The first-order chi connectivity index (χ1) is 8.25. The van der Waals surface area contributed by atoms with E-state index in [9.17, 15) is 4.79 Å². The molecule has 1 aliphatic carbocycles. The number of imidazole rings is 1. The summed E-state index contributed by atoms with van der Waals surface area (Å²) in [5, 5.41) is 2.97. The number of nitrogens with zero attached hydrogens (tertiary/aromatic N) is 1. The number of hydrogen-bond donors (Lipinski definition) is 3. The molecule has 1 aromatic heterocycles. The summed E-state index contributed by atoms with van der Waals surface area (Å²) in [6.45, 7) is 0.648. The van der Waals surface area contributed by atoms with Crippen molar-refractivity contribution in [2.75, 3.05) is 6.54 Å². The minimum absolute atomic E-state index is 0.159. The van der Waals surface area contributed by atoms with Crippen molar-refractivity contribution < 1.29 is 4.79 Å². The van der Waals surface area contributed by atoms with Crippen LogP contribution in [0.5, 0.6) is 0 Å². The quantitative estimate of drug-likeness (QED) is 0.715. The Labute approximate surface area is 101 Å². The number of amides is 1. The minimum atomic E-state index is 0.159. The molecule has 94 valence electrons. The zero-order valence-electron chi connectivity index (χ0n) is 9.98. The van der Waals surface area contributed by atoms with Gasteiger partial charge in [0.05, 0.1) is 0 Å². The number of aromatic amines is 1. The number of rotatable bonds is 4. The second-order valence-electron chi connectivity index (χ2n) is 4.69. The summed E-state index contributed by atoms with van der Waals surface area (Å²) in [5.74, 6) is 1.24. The first kappa shape index (κ1) is 12.1. The molecule has 1 aliphatic rings. The lowest BCUT2D eigenvalue weighted by atomic mass is 9.86. The van der Waals surface area contributed by atoms with Crippen LogP contribution in [-0.4, -0.2) is 28.5 Å². The van der Waals surface area contributed by atoms with Crippen LogP contribution in [0.4, 0.5) is 0 Å². The number of nitrogens with two attached hydrogens (primary N) is 1. The van der Waals surface area contributed by atoms with Crippen LogP contribution in [0.15, 0.2) is 12.4 Å². The molecule has 0 aromatic carbocycles. The SMILES string of the molecule is NC1CCC(C(=O)NCCc2ncc[nH]2)CC1. The van der Waals surface area contributed by atoms with E-state index in [-0.39, 0.29) is 11.8 Å². The predicted molar refractivity (Wildman–Crippen MR) is 65.2 cm³/mol. The topological polar surface area (TPSA) is 83.8 Å². The monoisotopic (exact) mass is 236 g/mol. The molecule has 17 heavy (non-hydrogen) atoms. The number of aromatic nitrogens is 2. The molecule has 0 bridgehead atoms. The Bertz CT molecular complexity index is 341. The Morgan fingerprint density at radius 3 is 2.88 bits per heavy atom. The molecule has 0 radical (unpaired) electrons. The maximum atomic E-state index is 11.9. The Morgan fingerprint density at radius 2 is 2.24 bits per heavy atom. The van der Waals surface area contributed by atoms with Gasteiger partial charge in [0, 0.05) is 37.3 Å². The van der Waals surface area contributed by atoms with Gasteiger partial charge in [-0.15, -0.1) is 0 Å². The van der Waals surface area contributed by atoms with E-state index in [0.29, 0.717) is 12.6 Å². The van der Waals surface area contributed by atoms with E-state index in [2.05, 4.69) is 15.3 Å². The zero-order valence-corrected chi connectivity index (χ0v) is 9.98. The highest BCUT2D eigenvalue weighted by atomic mass is 16.1. The van der Waals surface area contributed by atoms with Gasteiger partial charge in [0.15, 0.2) is 0 Å². The van der Waals surface area contributed by atoms with Crippen LogP contribution in [-0.2, 0) is 11.2 Å². The van der Waals surface area contributed by atoms with Crippen molar-refractivity contribution in [3.05, 3.63) is 18.2 Å². The normalized spacial score (nSPS) is 24.5. The highest BCUT2D eigenvalue weighted by Gasteiger charge is 2.23. The van der Waals surface area contributed by atoms with Gasteiger partial charge >= 0.3 is 0 Å². The predicted octanol–water partition coefficient (Wildman–Crippen LogP) is 0.586. The summed E-state index contributed by atoms with van der Waals surface area (Å²) < 4.78 is 0. The molecule has 5 heteroatoms. The smallest absolute Gasteiger partial charge is 0.223 e. The molecule has 1 fully saturated rings. The van der Waals surface area contributed by atoms with Crippen LogP contribution in [0.3, 0.4) is 0 Å². The Balaban J connectivity index is 1.67. The molecule has 0 atom stereocenters. The molecule has 4 N–H and O–H groups in total. The fourth-order valence-corrected chi connectivity index (χ4v) is 2.26. The maximum Gasteiger partial charge on any atom is 0.223 e. The van der Waals surface area contributed by atoms with Crippen LogP contribution < -0.4 is 11.1 Å². The van der Waals surface area contributed by atoms with Crippen LogP contribution in [0, 0.1) is 5.92 Å². The van der Waals surface area contributed by atoms with Gasteiger partial charge in [-0.2, -0.15) is 0 Å². The second kappa shape index (κ2) is 5.82. The van der Waals surface area contributed by atoms with Crippen LogP contribution >= 0.6 is 0 Å². The van der Waals surface area contributed by atoms with Crippen molar-refractivity contribution in [3.8, 4) is 0 Å². The average molecular weight is 236 g/mol. The lowest BCUT2D eigenvalue weighted by Gasteiger charge is -2.25. The highest BCUT2D eigenvalue weighted by Crippen LogP contribution is 2.22. The van der Waals surface area contributed by atoms with E-state index in [0.717, 1.165) is 37.9 Å². The van der Waals surface area contributed by atoms with Gasteiger partial charge in [-0.25, -0.2) is 4.98 Å². The van der Waals surface area contributed by atoms with Crippen molar-refractivity contribution in [1.29, 1.82) is 0 Å². The molecule has 1 aromatic rings. The molecular weight excluding hydrogens is 216 g/mol. The van der Waals surface area contributed by atoms with Gasteiger partial charge in [-0.05, 0) is 25.7 Å². The molecule has 0 saturated heterocycles. The standard InChI is InChI=1S/C12H20N4O/c13-10-3-1-9(2-4-10)12(17)16-6-5-11-14-7-8-15-11/h7-10H,1-6,13H2,(H,14,15)(H,16,17). The molecule has 1 amide bonds.